The summed E-state index contributed by atoms with van der Waals surface area (Å²) >= 11 is 3.18. The Hall–Kier alpha value is -1.85. The number of thioether (sulfide) groups is 1. The third-order valence-electron chi connectivity index (χ3n) is 3.33. The van der Waals surface area contributed by atoms with Crippen molar-refractivity contribution in [2.45, 2.75) is 18.2 Å². The van der Waals surface area contributed by atoms with Crippen LogP contribution < -0.4 is 5.32 Å². The van der Waals surface area contributed by atoms with E-state index in [9.17, 15) is 4.79 Å². The Kier molecular flexibility index (Phi) is 4.45. The van der Waals surface area contributed by atoms with Crippen molar-refractivity contribution < 1.29 is 4.79 Å². The summed E-state index contributed by atoms with van der Waals surface area (Å²) in [5.41, 5.74) is 3.17. The maximum absolute atomic E-state index is 12.1. The Labute approximate surface area is 137 Å². The molecule has 0 aliphatic heterocycles. The molecule has 0 bridgehead atoms. The fourth-order valence-corrected chi connectivity index (χ4v) is 3.73. The molecule has 22 heavy (non-hydrogen) atoms. The standard InChI is InChI=1S/C17H16N2OS2/c1-11-6-8-12(9-7-11)10-15(20)18-17-19-16-13(21-2)4-3-5-14(16)22-17/h3-9H,10H2,1-2H3,(H,18,19,20). The first-order chi connectivity index (χ1) is 10.7. The van der Waals surface area contributed by atoms with Gasteiger partial charge in [0.2, 0.25) is 5.91 Å². The monoisotopic (exact) mass is 328 g/mol. The minimum Gasteiger partial charge on any atom is -0.302 e. The van der Waals surface area contributed by atoms with Crippen LogP contribution in [0.25, 0.3) is 10.2 Å². The number of fused-ring (bicyclic) bond motifs is 1. The van der Waals surface area contributed by atoms with Gasteiger partial charge < -0.3 is 5.32 Å². The number of hydrogen-bond donors (Lipinski definition) is 1. The second-order valence-electron chi connectivity index (χ2n) is 5.04. The second-order valence-corrected chi connectivity index (χ2v) is 6.92. The van der Waals surface area contributed by atoms with Crippen LogP contribution in [-0.2, 0) is 11.2 Å². The van der Waals surface area contributed by atoms with Crippen LogP contribution in [0.4, 0.5) is 5.13 Å². The molecule has 1 aromatic heterocycles. The number of anilines is 1. The van der Waals surface area contributed by atoms with E-state index in [1.165, 1.54) is 16.9 Å². The maximum atomic E-state index is 12.1. The molecule has 112 valence electrons. The average Bonchev–Trinajstić information content (AvgIpc) is 2.91. The normalized spacial score (nSPS) is 10.8. The van der Waals surface area contributed by atoms with E-state index >= 15 is 0 Å². The highest BCUT2D eigenvalue weighted by Gasteiger charge is 2.10. The quantitative estimate of drug-likeness (QED) is 0.717. The zero-order valence-electron chi connectivity index (χ0n) is 12.4. The first-order valence-corrected chi connectivity index (χ1v) is 8.99. The van der Waals surface area contributed by atoms with Gasteiger partial charge in [0.05, 0.1) is 16.6 Å². The Morgan fingerprint density at radius 3 is 2.73 bits per heavy atom. The zero-order chi connectivity index (χ0) is 15.5. The van der Waals surface area contributed by atoms with Crippen LogP contribution in [0, 0.1) is 6.92 Å². The van der Waals surface area contributed by atoms with E-state index in [4.69, 9.17) is 0 Å². The summed E-state index contributed by atoms with van der Waals surface area (Å²) in [6.45, 7) is 2.04. The van der Waals surface area contributed by atoms with Crippen LogP contribution in [0.3, 0.4) is 0 Å². The lowest BCUT2D eigenvalue weighted by atomic mass is 10.1. The van der Waals surface area contributed by atoms with Crippen molar-refractivity contribution in [1.29, 1.82) is 0 Å². The summed E-state index contributed by atoms with van der Waals surface area (Å²) in [5.74, 6) is -0.0337. The van der Waals surface area contributed by atoms with Crippen molar-refractivity contribution >= 4 is 44.4 Å². The third kappa shape index (κ3) is 3.31. The highest BCUT2D eigenvalue weighted by molar-refractivity contribution is 7.98. The van der Waals surface area contributed by atoms with E-state index in [-0.39, 0.29) is 5.91 Å². The van der Waals surface area contributed by atoms with Gasteiger partial charge in [0.15, 0.2) is 5.13 Å². The van der Waals surface area contributed by atoms with Gasteiger partial charge in [-0.2, -0.15) is 0 Å². The molecule has 3 aromatic rings. The van der Waals surface area contributed by atoms with E-state index in [1.54, 1.807) is 11.8 Å². The first kappa shape index (κ1) is 15.1. The van der Waals surface area contributed by atoms with Gasteiger partial charge in [-0.3, -0.25) is 4.79 Å². The number of thiazole rings is 1. The molecule has 3 rings (SSSR count). The largest absolute Gasteiger partial charge is 0.302 e. The number of rotatable bonds is 4. The smallest absolute Gasteiger partial charge is 0.230 e. The van der Waals surface area contributed by atoms with Crippen molar-refractivity contribution in [2.75, 3.05) is 11.6 Å². The van der Waals surface area contributed by atoms with E-state index < -0.39 is 0 Å². The fourth-order valence-electron chi connectivity index (χ4n) is 2.20. The third-order valence-corrected chi connectivity index (χ3v) is 5.04. The predicted molar refractivity (Wildman–Crippen MR) is 94.9 cm³/mol. The van der Waals surface area contributed by atoms with Crippen molar-refractivity contribution in [3.8, 4) is 0 Å². The van der Waals surface area contributed by atoms with Gasteiger partial charge in [-0.25, -0.2) is 4.98 Å². The summed E-state index contributed by atoms with van der Waals surface area (Å²) in [4.78, 5) is 17.8. The van der Waals surface area contributed by atoms with Gasteiger partial charge in [-0.15, -0.1) is 11.8 Å². The lowest BCUT2D eigenvalue weighted by molar-refractivity contribution is -0.115. The van der Waals surface area contributed by atoms with Gasteiger partial charge in [-0.05, 0) is 30.9 Å². The van der Waals surface area contributed by atoms with E-state index in [2.05, 4.69) is 10.3 Å². The molecule has 5 heteroatoms. The molecular formula is C17H16N2OS2. The zero-order valence-corrected chi connectivity index (χ0v) is 14.1. The Balaban J connectivity index is 1.75. The molecule has 0 saturated carbocycles. The number of para-hydroxylation sites is 1. The van der Waals surface area contributed by atoms with Crippen LogP contribution in [0.2, 0.25) is 0 Å². The van der Waals surface area contributed by atoms with Gasteiger partial charge in [0, 0.05) is 4.90 Å². The summed E-state index contributed by atoms with van der Waals surface area (Å²) in [6.07, 6.45) is 2.40. The van der Waals surface area contributed by atoms with Gasteiger partial charge in [0.1, 0.15) is 0 Å². The fraction of sp³-hybridized carbons (Fsp3) is 0.176. The van der Waals surface area contributed by atoms with Crippen LogP contribution >= 0.6 is 23.1 Å². The Morgan fingerprint density at radius 1 is 1.23 bits per heavy atom. The molecule has 0 atom stereocenters. The molecule has 0 saturated heterocycles. The van der Waals surface area contributed by atoms with Gasteiger partial charge >= 0.3 is 0 Å². The number of carbonyl (C=O) groups excluding carboxylic acids is 1. The number of aromatic nitrogens is 1. The van der Waals surface area contributed by atoms with Crippen LogP contribution in [0.5, 0.6) is 0 Å². The van der Waals surface area contributed by atoms with E-state index in [0.717, 1.165) is 20.7 Å². The molecule has 1 amide bonds. The molecule has 0 spiro atoms. The number of carbonyl (C=O) groups is 1. The van der Waals surface area contributed by atoms with E-state index in [0.29, 0.717) is 11.6 Å². The van der Waals surface area contributed by atoms with Crippen LogP contribution in [0.15, 0.2) is 47.4 Å². The van der Waals surface area contributed by atoms with Crippen molar-refractivity contribution in [3.05, 3.63) is 53.6 Å². The second kappa shape index (κ2) is 6.50. The number of amides is 1. The highest BCUT2D eigenvalue weighted by atomic mass is 32.2. The van der Waals surface area contributed by atoms with Gasteiger partial charge in [-0.1, -0.05) is 47.2 Å². The molecular weight excluding hydrogens is 312 g/mol. The Bertz CT molecular complexity index is 809. The molecule has 0 radical (unpaired) electrons. The lowest BCUT2D eigenvalue weighted by Crippen LogP contribution is -2.14. The molecule has 0 unspecified atom stereocenters. The summed E-state index contributed by atoms with van der Waals surface area (Å²) in [6, 6.07) is 14.1. The Morgan fingerprint density at radius 2 is 2.00 bits per heavy atom. The summed E-state index contributed by atoms with van der Waals surface area (Å²) < 4.78 is 1.09. The van der Waals surface area contributed by atoms with E-state index in [1.807, 2.05) is 55.6 Å². The molecule has 2 aromatic carbocycles. The minimum atomic E-state index is -0.0337. The van der Waals surface area contributed by atoms with Crippen molar-refractivity contribution in [1.82, 2.24) is 4.98 Å². The lowest BCUT2D eigenvalue weighted by Gasteiger charge is -2.02. The first-order valence-electron chi connectivity index (χ1n) is 6.94. The number of nitrogens with zero attached hydrogens (tertiary/aromatic N) is 1. The number of nitrogens with one attached hydrogen (secondary N) is 1. The molecule has 0 aliphatic carbocycles. The SMILES string of the molecule is CSc1cccc2sc(NC(=O)Cc3ccc(C)cc3)nc12. The average molecular weight is 328 g/mol. The highest BCUT2D eigenvalue weighted by Crippen LogP contribution is 2.32. The van der Waals surface area contributed by atoms with Crippen LogP contribution in [-0.4, -0.2) is 17.1 Å². The topological polar surface area (TPSA) is 42.0 Å². The van der Waals surface area contributed by atoms with Crippen molar-refractivity contribution in [3.63, 3.8) is 0 Å². The number of aryl methyl sites for hydroxylation is 1. The predicted octanol–water partition coefficient (Wildman–Crippen LogP) is 4.51. The molecule has 0 aliphatic rings. The molecule has 0 fully saturated rings. The number of hydrogen-bond acceptors (Lipinski definition) is 4. The number of benzene rings is 2. The van der Waals surface area contributed by atoms with Crippen LogP contribution in [0.1, 0.15) is 11.1 Å². The molecule has 1 N–H and O–H groups in total. The maximum Gasteiger partial charge on any atom is 0.230 e. The van der Waals surface area contributed by atoms with Crippen molar-refractivity contribution in [2.24, 2.45) is 0 Å². The van der Waals surface area contributed by atoms with Gasteiger partial charge in [0.25, 0.3) is 0 Å². The summed E-state index contributed by atoms with van der Waals surface area (Å²) in [7, 11) is 0. The molecule has 1 heterocycles. The molecule has 3 nitrogen and oxygen atoms in total. The summed E-state index contributed by atoms with van der Waals surface area (Å²) in [5, 5.41) is 3.57. The minimum absolute atomic E-state index is 0.0337.